The van der Waals surface area contributed by atoms with Crippen LogP contribution in [0.3, 0.4) is 0 Å². The molecule has 172 valence electrons. The predicted octanol–water partition coefficient (Wildman–Crippen LogP) is 1.59. The normalized spacial score (nSPS) is 21.0. The number of rotatable bonds is 6. The molecule has 5 rings (SSSR count). The van der Waals surface area contributed by atoms with Crippen molar-refractivity contribution in [3.05, 3.63) is 53.2 Å². The molecule has 0 radical (unpaired) electrons. The third kappa shape index (κ3) is 4.68. The molecule has 3 aliphatic heterocycles. The van der Waals surface area contributed by atoms with Crippen molar-refractivity contribution < 1.29 is 19.1 Å². The molecule has 0 bridgehead atoms. The van der Waals surface area contributed by atoms with Crippen LogP contribution >= 0.6 is 0 Å². The zero-order valence-electron chi connectivity index (χ0n) is 18.3. The molecule has 1 aromatic carbocycles. The van der Waals surface area contributed by atoms with Crippen molar-refractivity contribution in [2.45, 2.75) is 50.9 Å². The minimum absolute atomic E-state index is 0.164. The van der Waals surface area contributed by atoms with Crippen LogP contribution in [0.15, 0.2) is 36.5 Å². The monoisotopic (exact) mass is 449 g/mol. The van der Waals surface area contributed by atoms with Crippen LogP contribution in [0.2, 0.25) is 0 Å². The van der Waals surface area contributed by atoms with Crippen molar-refractivity contribution in [2.75, 3.05) is 18.4 Å². The number of ether oxygens (including phenoxy) is 1. The van der Waals surface area contributed by atoms with Gasteiger partial charge in [0.2, 0.25) is 17.7 Å². The lowest BCUT2D eigenvalue weighted by atomic mass is 10.0. The Morgan fingerprint density at radius 2 is 1.94 bits per heavy atom. The lowest BCUT2D eigenvalue weighted by Crippen LogP contribution is -2.52. The van der Waals surface area contributed by atoms with Gasteiger partial charge < -0.3 is 20.3 Å². The third-order valence-electron chi connectivity index (χ3n) is 6.40. The molecule has 3 N–H and O–H groups in total. The Morgan fingerprint density at radius 1 is 1.09 bits per heavy atom. The fourth-order valence-corrected chi connectivity index (χ4v) is 4.55. The number of carbonyl (C=O) groups is 3. The van der Waals surface area contributed by atoms with Gasteiger partial charge in [-0.05, 0) is 55.6 Å². The molecule has 3 amide bonds. The van der Waals surface area contributed by atoms with Gasteiger partial charge in [0.15, 0.2) is 0 Å². The van der Waals surface area contributed by atoms with Crippen LogP contribution < -0.4 is 20.7 Å². The molecular formula is C24H27N5O4. The van der Waals surface area contributed by atoms with Crippen LogP contribution in [0.4, 0.5) is 5.69 Å². The number of fused-ring (bicyclic) bond motifs is 1. The van der Waals surface area contributed by atoms with Crippen LogP contribution in [0.25, 0.3) is 0 Å². The smallest absolute Gasteiger partial charge is 0.255 e. The number of imide groups is 1. The molecule has 1 unspecified atom stereocenters. The van der Waals surface area contributed by atoms with E-state index in [9.17, 15) is 14.4 Å². The van der Waals surface area contributed by atoms with Gasteiger partial charge in [0.1, 0.15) is 12.1 Å². The molecule has 2 saturated heterocycles. The molecule has 3 aliphatic rings. The maximum absolute atomic E-state index is 13.0. The van der Waals surface area contributed by atoms with Crippen LogP contribution in [-0.2, 0) is 22.7 Å². The summed E-state index contributed by atoms with van der Waals surface area (Å²) in [4.78, 5) is 42.5. The second-order valence-electron chi connectivity index (χ2n) is 8.70. The highest BCUT2D eigenvalue weighted by molar-refractivity contribution is 6.05. The Labute approximate surface area is 191 Å². The molecular weight excluding hydrogens is 422 g/mol. The summed E-state index contributed by atoms with van der Waals surface area (Å²) in [6.45, 7) is 2.86. The number of nitrogens with zero attached hydrogens (tertiary/aromatic N) is 2. The number of nitrogens with one attached hydrogen (secondary N) is 3. The fraction of sp³-hybridized carbons (Fsp3) is 0.417. The van der Waals surface area contributed by atoms with Gasteiger partial charge in [0, 0.05) is 31.1 Å². The maximum Gasteiger partial charge on any atom is 0.255 e. The van der Waals surface area contributed by atoms with Crippen LogP contribution in [0.5, 0.6) is 5.88 Å². The molecule has 4 heterocycles. The Kier molecular flexibility index (Phi) is 5.95. The van der Waals surface area contributed by atoms with Gasteiger partial charge in [-0.2, -0.15) is 0 Å². The lowest BCUT2D eigenvalue weighted by molar-refractivity contribution is -0.136. The quantitative estimate of drug-likeness (QED) is 0.574. The zero-order chi connectivity index (χ0) is 22.8. The molecule has 2 fully saturated rings. The second kappa shape index (κ2) is 9.19. The Bertz CT molecular complexity index is 1070. The van der Waals surface area contributed by atoms with Gasteiger partial charge in [0.25, 0.3) is 5.91 Å². The topological polar surface area (TPSA) is 113 Å². The fourth-order valence-electron chi connectivity index (χ4n) is 4.55. The van der Waals surface area contributed by atoms with Crippen LogP contribution in [0.1, 0.15) is 47.2 Å². The first-order chi connectivity index (χ1) is 16.1. The SMILES string of the molecule is O=C1CCC(N2Cc3ccc(CNc4ccc(OC5CCNCC5)nc4)cc3C2=O)C(=O)N1. The highest BCUT2D eigenvalue weighted by Crippen LogP contribution is 2.28. The summed E-state index contributed by atoms with van der Waals surface area (Å²) in [5, 5.41) is 8.98. The van der Waals surface area contributed by atoms with Gasteiger partial charge in [-0.15, -0.1) is 0 Å². The molecule has 1 atom stereocenters. The van der Waals surface area contributed by atoms with Gasteiger partial charge in [-0.3, -0.25) is 19.7 Å². The Morgan fingerprint density at radius 3 is 2.70 bits per heavy atom. The van der Waals surface area contributed by atoms with Crippen molar-refractivity contribution >= 4 is 23.4 Å². The van der Waals surface area contributed by atoms with E-state index in [1.165, 1.54) is 0 Å². The van der Waals surface area contributed by atoms with E-state index in [1.807, 2.05) is 30.3 Å². The van der Waals surface area contributed by atoms with Crippen molar-refractivity contribution in [1.29, 1.82) is 0 Å². The summed E-state index contributed by atoms with van der Waals surface area (Å²) in [7, 11) is 0. The average molecular weight is 450 g/mol. The summed E-state index contributed by atoms with van der Waals surface area (Å²) in [5.41, 5.74) is 3.34. The van der Waals surface area contributed by atoms with E-state index in [1.54, 1.807) is 11.1 Å². The summed E-state index contributed by atoms with van der Waals surface area (Å²) in [6.07, 6.45) is 4.55. The maximum atomic E-state index is 13.0. The number of piperidine rings is 2. The van der Waals surface area contributed by atoms with Gasteiger partial charge >= 0.3 is 0 Å². The number of hydrogen-bond acceptors (Lipinski definition) is 7. The van der Waals surface area contributed by atoms with E-state index >= 15 is 0 Å². The minimum Gasteiger partial charge on any atom is -0.474 e. The number of hydrogen-bond donors (Lipinski definition) is 3. The predicted molar refractivity (Wildman–Crippen MR) is 121 cm³/mol. The van der Waals surface area contributed by atoms with Gasteiger partial charge in [0.05, 0.1) is 11.9 Å². The van der Waals surface area contributed by atoms with Crippen LogP contribution in [0, 0.1) is 0 Å². The average Bonchev–Trinajstić information content (AvgIpc) is 3.15. The number of carbonyl (C=O) groups excluding carboxylic acids is 3. The number of pyridine rings is 1. The van der Waals surface area contributed by atoms with E-state index in [4.69, 9.17) is 4.74 Å². The van der Waals surface area contributed by atoms with Crippen molar-refractivity contribution in [1.82, 2.24) is 20.5 Å². The molecule has 9 nitrogen and oxygen atoms in total. The second-order valence-corrected chi connectivity index (χ2v) is 8.70. The highest BCUT2D eigenvalue weighted by Gasteiger charge is 2.39. The van der Waals surface area contributed by atoms with Crippen molar-refractivity contribution in [2.24, 2.45) is 0 Å². The van der Waals surface area contributed by atoms with E-state index in [-0.39, 0.29) is 24.3 Å². The van der Waals surface area contributed by atoms with Crippen molar-refractivity contribution in [3.8, 4) is 5.88 Å². The first-order valence-corrected chi connectivity index (χ1v) is 11.4. The highest BCUT2D eigenvalue weighted by atomic mass is 16.5. The largest absolute Gasteiger partial charge is 0.474 e. The summed E-state index contributed by atoms with van der Waals surface area (Å²) in [5.74, 6) is -0.213. The molecule has 0 aliphatic carbocycles. The van der Waals surface area contributed by atoms with E-state index in [0.29, 0.717) is 31.0 Å². The number of benzene rings is 1. The first kappa shape index (κ1) is 21.4. The Hall–Kier alpha value is -3.46. The van der Waals surface area contributed by atoms with Gasteiger partial charge in [-0.1, -0.05) is 12.1 Å². The minimum atomic E-state index is -0.596. The molecule has 0 saturated carbocycles. The molecule has 1 aromatic heterocycles. The van der Waals surface area contributed by atoms with E-state index in [0.717, 1.165) is 42.7 Å². The van der Waals surface area contributed by atoms with E-state index < -0.39 is 11.9 Å². The number of anilines is 1. The summed E-state index contributed by atoms with van der Waals surface area (Å²) >= 11 is 0. The summed E-state index contributed by atoms with van der Waals surface area (Å²) < 4.78 is 5.94. The number of amides is 3. The number of aromatic nitrogens is 1. The third-order valence-corrected chi connectivity index (χ3v) is 6.40. The van der Waals surface area contributed by atoms with Crippen molar-refractivity contribution in [3.63, 3.8) is 0 Å². The lowest BCUT2D eigenvalue weighted by Gasteiger charge is -2.29. The molecule has 0 spiro atoms. The zero-order valence-corrected chi connectivity index (χ0v) is 18.3. The first-order valence-electron chi connectivity index (χ1n) is 11.4. The van der Waals surface area contributed by atoms with Gasteiger partial charge in [-0.25, -0.2) is 4.98 Å². The standard InChI is InChI=1S/C24H27N5O4/c30-21-5-4-20(23(31)28-21)29-14-16-2-1-15(11-19(16)24(29)32)12-26-17-3-6-22(27-13-17)33-18-7-9-25-10-8-18/h1-3,6,11,13,18,20,25-26H,4-5,7-10,12,14H2,(H,28,30,31). The molecule has 9 heteroatoms. The Balaban J connectivity index is 1.19. The molecule has 2 aromatic rings. The van der Waals surface area contributed by atoms with E-state index in [2.05, 4.69) is 20.9 Å². The molecule has 33 heavy (non-hydrogen) atoms. The summed E-state index contributed by atoms with van der Waals surface area (Å²) in [6, 6.07) is 9.00. The van der Waals surface area contributed by atoms with Crippen LogP contribution in [-0.4, -0.2) is 52.8 Å².